The molecule has 2 rings (SSSR count). The molecule has 0 bridgehead atoms. The maximum Gasteiger partial charge on any atom is 0.123 e. The summed E-state index contributed by atoms with van der Waals surface area (Å²) < 4.78 is 13.4. The Balaban J connectivity index is 2.31. The molecule has 2 aromatic carbocycles. The SMILES string of the molecule is Cc1ccc(C(Cc2cc(F)ccc2C)NN)c(Cl)c1. The van der Waals surface area contributed by atoms with Gasteiger partial charge >= 0.3 is 0 Å². The molecule has 20 heavy (non-hydrogen) atoms. The first-order valence-electron chi connectivity index (χ1n) is 6.48. The van der Waals surface area contributed by atoms with Crippen molar-refractivity contribution in [1.82, 2.24) is 5.43 Å². The fraction of sp³-hybridized carbons (Fsp3) is 0.250. The minimum absolute atomic E-state index is 0.149. The van der Waals surface area contributed by atoms with E-state index in [0.717, 1.165) is 22.3 Å². The molecule has 4 heteroatoms. The van der Waals surface area contributed by atoms with E-state index in [9.17, 15) is 4.39 Å². The molecular formula is C16H18ClFN2. The summed E-state index contributed by atoms with van der Waals surface area (Å²) in [7, 11) is 0. The summed E-state index contributed by atoms with van der Waals surface area (Å²) in [4.78, 5) is 0. The highest BCUT2D eigenvalue weighted by Crippen LogP contribution is 2.27. The predicted octanol–water partition coefficient (Wildman–Crippen LogP) is 3.84. The van der Waals surface area contributed by atoms with Gasteiger partial charge in [0, 0.05) is 5.02 Å². The molecule has 0 aliphatic rings. The predicted molar refractivity (Wildman–Crippen MR) is 81.1 cm³/mol. The van der Waals surface area contributed by atoms with Gasteiger partial charge in [-0.15, -0.1) is 0 Å². The lowest BCUT2D eigenvalue weighted by molar-refractivity contribution is 0.547. The van der Waals surface area contributed by atoms with Gasteiger partial charge in [0.1, 0.15) is 5.82 Å². The topological polar surface area (TPSA) is 38.0 Å². The van der Waals surface area contributed by atoms with Crippen LogP contribution in [0.5, 0.6) is 0 Å². The van der Waals surface area contributed by atoms with Gasteiger partial charge in [-0.25, -0.2) is 4.39 Å². The third-order valence-electron chi connectivity index (χ3n) is 3.47. The molecule has 1 unspecified atom stereocenters. The van der Waals surface area contributed by atoms with Gasteiger partial charge in [0.2, 0.25) is 0 Å². The van der Waals surface area contributed by atoms with Gasteiger partial charge in [0.25, 0.3) is 0 Å². The lowest BCUT2D eigenvalue weighted by atomic mass is 9.96. The van der Waals surface area contributed by atoms with E-state index in [-0.39, 0.29) is 11.9 Å². The summed E-state index contributed by atoms with van der Waals surface area (Å²) in [6, 6.07) is 10.5. The van der Waals surface area contributed by atoms with Crippen molar-refractivity contribution in [2.45, 2.75) is 26.3 Å². The Hall–Kier alpha value is -1.42. The Morgan fingerprint density at radius 2 is 1.95 bits per heavy atom. The summed E-state index contributed by atoms with van der Waals surface area (Å²) >= 11 is 6.27. The number of hydrazine groups is 1. The molecule has 0 spiro atoms. The Morgan fingerprint density at radius 1 is 1.20 bits per heavy atom. The van der Waals surface area contributed by atoms with Crippen molar-refractivity contribution < 1.29 is 4.39 Å². The Morgan fingerprint density at radius 3 is 2.60 bits per heavy atom. The average molecular weight is 293 g/mol. The molecule has 0 aliphatic heterocycles. The number of benzene rings is 2. The molecule has 1 atom stereocenters. The Bertz CT molecular complexity index is 613. The quantitative estimate of drug-likeness (QED) is 0.664. The third-order valence-corrected chi connectivity index (χ3v) is 3.80. The Kier molecular flexibility index (Phi) is 4.76. The molecule has 0 amide bonds. The van der Waals surface area contributed by atoms with Crippen molar-refractivity contribution in [2.24, 2.45) is 5.84 Å². The minimum Gasteiger partial charge on any atom is -0.271 e. The number of hydrogen-bond acceptors (Lipinski definition) is 2. The number of aryl methyl sites for hydroxylation is 2. The average Bonchev–Trinajstić information content (AvgIpc) is 2.40. The number of hydrogen-bond donors (Lipinski definition) is 2. The van der Waals surface area contributed by atoms with Crippen LogP contribution < -0.4 is 11.3 Å². The second-order valence-corrected chi connectivity index (χ2v) is 5.43. The summed E-state index contributed by atoms with van der Waals surface area (Å²) in [6.07, 6.45) is 0.586. The third kappa shape index (κ3) is 3.37. The summed E-state index contributed by atoms with van der Waals surface area (Å²) in [6.45, 7) is 3.94. The van der Waals surface area contributed by atoms with Crippen LogP contribution in [0, 0.1) is 19.7 Å². The molecule has 0 fully saturated rings. The van der Waals surface area contributed by atoms with Gasteiger partial charge in [-0.2, -0.15) is 0 Å². The van der Waals surface area contributed by atoms with Gasteiger partial charge in [0.05, 0.1) is 6.04 Å². The van der Waals surface area contributed by atoms with Crippen LogP contribution in [-0.4, -0.2) is 0 Å². The van der Waals surface area contributed by atoms with E-state index in [4.69, 9.17) is 17.4 Å². The van der Waals surface area contributed by atoms with E-state index in [1.165, 1.54) is 6.07 Å². The molecule has 0 aliphatic carbocycles. The van der Waals surface area contributed by atoms with E-state index in [1.807, 2.05) is 32.0 Å². The lowest BCUT2D eigenvalue weighted by Crippen LogP contribution is -2.30. The monoisotopic (exact) mass is 292 g/mol. The molecule has 0 aromatic heterocycles. The normalized spacial score (nSPS) is 12.4. The zero-order chi connectivity index (χ0) is 14.7. The molecule has 106 valence electrons. The van der Waals surface area contributed by atoms with Crippen LogP contribution >= 0.6 is 11.6 Å². The van der Waals surface area contributed by atoms with Gasteiger partial charge in [-0.1, -0.05) is 29.8 Å². The van der Waals surface area contributed by atoms with Crippen molar-refractivity contribution in [3.63, 3.8) is 0 Å². The second kappa shape index (κ2) is 6.35. The van der Waals surface area contributed by atoms with E-state index in [2.05, 4.69) is 5.43 Å². The largest absolute Gasteiger partial charge is 0.271 e. The van der Waals surface area contributed by atoms with Crippen molar-refractivity contribution >= 4 is 11.6 Å². The van der Waals surface area contributed by atoms with Crippen LogP contribution in [0.25, 0.3) is 0 Å². The van der Waals surface area contributed by atoms with E-state index < -0.39 is 0 Å². The van der Waals surface area contributed by atoms with Gasteiger partial charge < -0.3 is 0 Å². The fourth-order valence-electron chi connectivity index (χ4n) is 2.25. The number of rotatable bonds is 4. The minimum atomic E-state index is -0.239. The molecule has 0 saturated carbocycles. The fourth-order valence-corrected chi connectivity index (χ4v) is 2.62. The molecule has 0 saturated heterocycles. The lowest BCUT2D eigenvalue weighted by Gasteiger charge is -2.19. The van der Waals surface area contributed by atoms with Gasteiger partial charge in [-0.05, 0) is 60.7 Å². The van der Waals surface area contributed by atoms with Gasteiger partial charge in [0.15, 0.2) is 0 Å². The smallest absolute Gasteiger partial charge is 0.123 e. The standard InChI is InChI=1S/C16H18ClFN2/c1-10-3-6-14(15(17)7-10)16(20-19)9-12-8-13(18)5-4-11(12)2/h3-8,16,20H,9,19H2,1-2H3. The van der Waals surface area contributed by atoms with Crippen LogP contribution in [0.1, 0.15) is 28.3 Å². The maximum absolute atomic E-state index is 13.4. The first-order valence-corrected chi connectivity index (χ1v) is 6.86. The molecule has 2 nitrogen and oxygen atoms in total. The summed E-state index contributed by atoms with van der Waals surface area (Å²) in [5.74, 6) is 5.41. The van der Waals surface area contributed by atoms with E-state index in [1.54, 1.807) is 12.1 Å². The first-order chi connectivity index (χ1) is 9.51. The van der Waals surface area contributed by atoms with Crippen molar-refractivity contribution in [3.8, 4) is 0 Å². The number of nitrogens with two attached hydrogens (primary N) is 1. The molecule has 0 radical (unpaired) electrons. The van der Waals surface area contributed by atoms with Crippen molar-refractivity contribution in [2.75, 3.05) is 0 Å². The van der Waals surface area contributed by atoms with Crippen LogP contribution in [0.15, 0.2) is 36.4 Å². The highest BCUT2D eigenvalue weighted by Gasteiger charge is 2.15. The van der Waals surface area contributed by atoms with Crippen LogP contribution in [0.2, 0.25) is 5.02 Å². The van der Waals surface area contributed by atoms with Crippen LogP contribution in [0.4, 0.5) is 4.39 Å². The highest BCUT2D eigenvalue weighted by molar-refractivity contribution is 6.31. The van der Waals surface area contributed by atoms with Gasteiger partial charge in [-0.3, -0.25) is 11.3 Å². The molecular weight excluding hydrogens is 275 g/mol. The summed E-state index contributed by atoms with van der Waals surface area (Å²) in [5.41, 5.74) is 6.74. The molecule has 3 N–H and O–H groups in total. The zero-order valence-corrected chi connectivity index (χ0v) is 12.3. The van der Waals surface area contributed by atoms with Crippen LogP contribution in [0.3, 0.4) is 0 Å². The van der Waals surface area contributed by atoms with Crippen molar-refractivity contribution in [3.05, 3.63) is 69.5 Å². The Labute approximate surface area is 123 Å². The first kappa shape index (κ1) is 15.0. The van der Waals surface area contributed by atoms with E-state index in [0.29, 0.717) is 11.4 Å². The maximum atomic E-state index is 13.4. The van der Waals surface area contributed by atoms with Crippen LogP contribution in [-0.2, 0) is 6.42 Å². The molecule has 2 aromatic rings. The summed E-state index contributed by atoms with van der Waals surface area (Å²) in [5, 5.41) is 0.669. The number of halogens is 2. The molecule has 0 heterocycles. The highest BCUT2D eigenvalue weighted by atomic mass is 35.5. The zero-order valence-electron chi connectivity index (χ0n) is 11.6. The second-order valence-electron chi connectivity index (χ2n) is 5.02. The number of nitrogens with one attached hydrogen (secondary N) is 1. The van der Waals surface area contributed by atoms with E-state index >= 15 is 0 Å². The van der Waals surface area contributed by atoms with Crippen molar-refractivity contribution in [1.29, 1.82) is 0 Å².